The molecule has 0 radical (unpaired) electrons. The van der Waals surface area contributed by atoms with E-state index in [0.717, 1.165) is 10.1 Å². The molecule has 0 saturated carbocycles. The van der Waals surface area contributed by atoms with Crippen molar-refractivity contribution in [1.82, 2.24) is 4.98 Å². The van der Waals surface area contributed by atoms with E-state index >= 15 is 0 Å². The molecule has 20 heavy (non-hydrogen) atoms. The summed E-state index contributed by atoms with van der Waals surface area (Å²) in [5.74, 6) is 0.307. The number of rotatable bonds is 4. The summed E-state index contributed by atoms with van der Waals surface area (Å²) in [7, 11) is 0. The zero-order chi connectivity index (χ0) is 14.5. The van der Waals surface area contributed by atoms with Gasteiger partial charge in [0.15, 0.2) is 0 Å². The summed E-state index contributed by atoms with van der Waals surface area (Å²) in [6.45, 7) is 2.69. The number of hydrogen-bond acceptors (Lipinski definition) is 3. The van der Waals surface area contributed by atoms with Crippen LogP contribution in [0.2, 0.25) is 5.02 Å². The van der Waals surface area contributed by atoms with Crippen LogP contribution in [0.1, 0.15) is 17.4 Å². The molecule has 0 unspecified atom stereocenters. The lowest BCUT2D eigenvalue weighted by Gasteiger charge is -2.09. The van der Waals surface area contributed by atoms with E-state index in [1.807, 2.05) is 31.2 Å². The lowest BCUT2D eigenvalue weighted by molar-refractivity contribution is 0.102. The van der Waals surface area contributed by atoms with E-state index in [1.165, 1.54) is 0 Å². The van der Waals surface area contributed by atoms with Crippen LogP contribution in [-0.2, 0) is 0 Å². The van der Waals surface area contributed by atoms with Crippen LogP contribution in [0.4, 0.5) is 11.5 Å². The molecule has 2 rings (SSSR count). The second kappa shape index (κ2) is 6.90. The number of hydrogen-bond donors (Lipinski definition) is 2. The highest BCUT2D eigenvalue weighted by molar-refractivity contribution is 14.1. The van der Waals surface area contributed by atoms with E-state index in [2.05, 4.69) is 38.2 Å². The quantitative estimate of drug-likeness (QED) is 0.761. The molecule has 1 aromatic heterocycles. The third kappa shape index (κ3) is 3.83. The number of nitrogens with one attached hydrogen (secondary N) is 2. The number of nitrogens with zero attached hydrogens (tertiary/aromatic N) is 1. The molecule has 0 atom stereocenters. The standard InChI is InChI=1S/C14H13ClIN3O/c1-2-17-12-7-6-11(15)13(19-12)14(20)18-10-5-3-4-9(16)8-10/h3-8H,2H2,1H3,(H,17,19)(H,18,20). The number of carbonyl (C=O) groups excluding carboxylic acids is 1. The van der Waals surface area contributed by atoms with Gasteiger partial charge in [0.2, 0.25) is 0 Å². The number of carbonyl (C=O) groups is 1. The summed E-state index contributed by atoms with van der Waals surface area (Å²) in [5, 5.41) is 6.17. The largest absolute Gasteiger partial charge is 0.370 e. The van der Waals surface area contributed by atoms with Crippen LogP contribution in [0.5, 0.6) is 0 Å². The highest BCUT2D eigenvalue weighted by Crippen LogP contribution is 2.19. The molecule has 104 valence electrons. The minimum atomic E-state index is -0.322. The molecule has 4 nitrogen and oxygen atoms in total. The maximum Gasteiger partial charge on any atom is 0.275 e. The highest BCUT2D eigenvalue weighted by Gasteiger charge is 2.13. The molecule has 1 aromatic carbocycles. The molecule has 0 fully saturated rings. The van der Waals surface area contributed by atoms with Crippen LogP contribution in [0.25, 0.3) is 0 Å². The normalized spacial score (nSPS) is 10.2. The maximum atomic E-state index is 12.2. The average Bonchev–Trinajstić information content (AvgIpc) is 2.41. The van der Waals surface area contributed by atoms with Gasteiger partial charge < -0.3 is 10.6 Å². The fourth-order valence-electron chi connectivity index (χ4n) is 1.64. The zero-order valence-electron chi connectivity index (χ0n) is 10.8. The molecule has 2 N–H and O–H groups in total. The van der Waals surface area contributed by atoms with Gasteiger partial charge in [0.05, 0.1) is 5.02 Å². The van der Waals surface area contributed by atoms with Gasteiger partial charge in [-0.2, -0.15) is 0 Å². The van der Waals surface area contributed by atoms with E-state index in [-0.39, 0.29) is 11.6 Å². The van der Waals surface area contributed by atoms with Crippen molar-refractivity contribution in [3.8, 4) is 0 Å². The number of aromatic nitrogens is 1. The lowest BCUT2D eigenvalue weighted by atomic mass is 10.3. The second-order valence-corrected chi connectivity index (χ2v) is 5.67. The first kappa shape index (κ1) is 15.1. The molecule has 1 amide bonds. The number of anilines is 2. The lowest BCUT2D eigenvalue weighted by Crippen LogP contribution is -2.15. The van der Waals surface area contributed by atoms with Gasteiger partial charge in [-0.05, 0) is 59.8 Å². The van der Waals surface area contributed by atoms with Gasteiger partial charge >= 0.3 is 0 Å². The van der Waals surface area contributed by atoms with E-state index < -0.39 is 0 Å². The third-order valence-electron chi connectivity index (χ3n) is 2.50. The molecule has 0 spiro atoms. The van der Waals surface area contributed by atoms with Crippen LogP contribution in [0.3, 0.4) is 0 Å². The SMILES string of the molecule is CCNc1ccc(Cl)c(C(=O)Nc2cccc(I)c2)n1. The Morgan fingerprint density at radius 2 is 2.15 bits per heavy atom. The van der Waals surface area contributed by atoms with Crippen LogP contribution in [0.15, 0.2) is 36.4 Å². The summed E-state index contributed by atoms with van der Waals surface area (Å²) < 4.78 is 1.04. The van der Waals surface area contributed by atoms with Gasteiger partial charge in [-0.15, -0.1) is 0 Å². The zero-order valence-corrected chi connectivity index (χ0v) is 13.7. The monoisotopic (exact) mass is 401 g/mol. The van der Waals surface area contributed by atoms with Crippen molar-refractivity contribution in [2.45, 2.75) is 6.92 Å². The fraction of sp³-hybridized carbons (Fsp3) is 0.143. The number of amides is 1. The van der Waals surface area contributed by atoms with Gasteiger partial charge in [-0.3, -0.25) is 4.79 Å². The molecule has 0 bridgehead atoms. The number of pyridine rings is 1. The molecule has 0 aliphatic carbocycles. The van der Waals surface area contributed by atoms with E-state index in [4.69, 9.17) is 11.6 Å². The summed E-state index contributed by atoms with van der Waals surface area (Å²) in [6, 6.07) is 10.9. The predicted molar refractivity (Wildman–Crippen MR) is 90.5 cm³/mol. The summed E-state index contributed by atoms with van der Waals surface area (Å²) in [5.41, 5.74) is 0.928. The Bertz CT molecular complexity index is 634. The first-order valence-corrected chi connectivity index (χ1v) is 7.53. The minimum absolute atomic E-state index is 0.212. The maximum absolute atomic E-state index is 12.2. The Balaban J connectivity index is 2.22. The smallest absolute Gasteiger partial charge is 0.275 e. The van der Waals surface area contributed by atoms with Crippen molar-refractivity contribution in [3.05, 3.63) is 50.7 Å². The van der Waals surface area contributed by atoms with Crippen molar-refractivity contribution < 1.29 is 4.79 Å². The van der Waals surface area contributed by atoms with Gasteiger partial charge in [0, 0.05) is 15.8 Å². The fourth-order valence-corrected chi connectivity index (χ4v) is 2.37. The molecular formula is C14H13ClIN3O. The second-order valence-electron chi connectivity index (χ2n) is 4.02. The number of benzene rings is 1. The van der Waals surface area contributed by atoms with Crippen LogP contribution >= 0.6 is 34.2 Å². The first-order chi connectivity index (χ1) is 9.60. The van der Waals surface area contributed by atoms with E-state index in [0.29, 0.717) is 16.5 Å². The van der Waals surface area contributed by atoms with Crippen molar-refractivity contribution in [2.24, 2.45) is 0 Å². The minimum Gasteiger partial charge on any atom is -0.370 e. The van der Waals surface area contributed by atoms with E-state index in [9.17, 15) is 4.79 Å². The van der Waals surface area contributed by atoms with E-state index in [1.54, 1.807) is 12.1 Å². The molecular weight excluding hydrogens is 389 g/mol. The summed E-state index contributed by atoms with van der Waals surface area (Å²) in [4.78, 5) is 16.4. The molecule has 0 aliphatic heterocycles. The predicted octanol–water partition coefficient (Wildman–Crippen LogP) is 4.02. The van der Waals surface area contributed by atoms with Crippen LogP contribution < -0.4 is 10.6 Å². The summed E-state index contributed by atoms with van der Waals surface area (Å²) in [6.07, 6.45) is 0. The molecule has 2 aromatic rings. The summed E-state index contributed by atoms with van der Waals surface area (Å²) >= 11 is 8.22. The van der Waals surface area contributed by atoms with Crippen molar-refractivity contribution in [2.75, 3.05) is 17.2 Å². The third-order valence-corrected chi connectivity index (χ3v) is 3.48. The van der Waals surface area contributed by atoms with Crippen molar-refractivity contribution >= 4 is 51.6 Å². The van der Waals surface area contributed by atoms with Gasteiger partial charge in [0.25, 0.3) is 5.91 Å². The molecule has 0 saturated heterocycles. The van der Waals surface area contributed by atoms with Gasteiger partial charge in [-0.1, -0.05) is 17.7 Å². The van der Waals surface area contributed by atoms with Crippen molar-refractivity contribution in [3.63, 3.8) is 0 Å². The average molecular weight is 402 g/mol. The topological polar surface area (TPSA) is 54.0 Å². The van der Waals surface area contributed by atoms with Crippen LogP contribution in [-0.4, -0.2) is 17.4 Å². The van der Waals surface area contributed by atoms with Crippen LogP contribution in [0, 0.1) is 3.57 Å². The van der Waals surface area contributed by atoms with Gasteiger partial charge in [-0.25, -0.2) is 4.98 Å². The molecule has 1 heterocycles. The first-order valence-electron chi connectivity index (χ1n) is 6.07. The Morgan fingerprint density at radius 3 is 2.85 bits per heavy atom. The Kier molecular flexibility index (Phi) is 5.19. The molecule has 6 heteroatoms. The number of halogens is 2. The Labute approximate surface area is 136 Å². The molecule has 0 aliphatic rings. The highest BCUT2D eigenvalue weighted by atomic mass is 127. The van der Waals surface area contributed by atoms with Crippen molar-refractivity contribution in [1.29, 1.82) is 0 Å². The van der Waals surface area contributed by atoms with Gasteiger partial charge in [0.1, 0.15) is 11.5 Å². The Hall–Kier alpha value is -1.34. The Morgan fingerprint density at radius 1 is 1.35 bits per heavy atom.